The van der Waals surface area contributed by atoms with Crippen molar-refractivity contribution in [1.29, 1.82) is 0 Å². The van der Waals surface area contributed by atoms with E-state index in [2.05, 4.69) is 10.6 Å². The standard InChI is InChI=1S/C13H15NO4S/c1-4-12(9(2)3)14-19(17,18)11-7-5-6-10(8-11)13(15)16/h1,5-9,12,14H,2-3H3,(H,15,16). The summed E-state index contributed by atoms with van der Waals surface area (Å²) in [4.78, 5) is 10.7. The topological polar surface area (TPSA) is 83.5 Å². The van der Waals surface area contributed by atoms with Gasteiger partial charge in [-0.25, -0.2) is 13.2 Å². The van der Waals surface area contributed by atoms with Crippen LogP contribution in [-0.2, 0) is 10.0 Å². The smallest absolute Gasteiger partial charge is 0.335 e. The van der Waals surface area contributed by atoms with Gasteiger partial charge < -0.3 is 5.11 Å². The Kier molecular flexibility index (Phi) is 4.70. The molecule has 0 fully saturated rings. The quantitative estimate of drug-likeness (QED) is 0.797. The van der Waals surface area contributed by atoms with Crippen molar-refractivity contribution in [2.75, 3.05) is 0 Å². The summed E-state index contributed by atoms with van der Waals surface area (Å²) in [7, 11) is -3.83. The predicted octanol–water partition coefficient (Wildman–Crippen LogP) is 1.32. The van der Waals surface area contributed by atoms with Gasteiger partial charge in [0.05, 0.1) is 16.5 Å². The van der Waals surface area contributed by atoms with Crippen molar-refractivity contribution in [3.8, 4) is 12.3 Å². The number of hydrogen-bond donors (Lipinski definition) is 2. The Labute approximate surface area is 112 Å². The fourth-order valence-electron chi connectivity index (χ4n) is 1.39. The van der Waals surface area contributed by atoms with Crippen LogP contribution < -0.4 is 4.72 Å². The molecule has 2 N–H and O–H groups in total. The highest BCUT2D eigenvalue weighted by molar-refractivity contribution is 7.89. The molecular weight excluding hydrogens is 266 g/mol. The van der Waals surface area contributed by atoms with Gasteiger partial charge in [-0.1, -0.05) is 25.8 Å². The van der Waals surface area contributed by atoms with Crippen molar-refractivity contribution in [1.82, 2.24) is 4.72 Å². The van der Waals surface area contributed by atoms with Gasteiger partial charge >= 0.3 is 5.97 Å². The van der Waals surface area contributed by atoms with Crippen LogP contribution in [0.1, 0.15) is 24.2 Å². The van der Waals surface area contributed by atoms with E-state index >= 15 is 0 Å². The normalized spacial score (nSPS) is 12.9. The van der Waals surface area contributed by atoms with Crippen LogP contribution in [0.5, 0.6) is 0 Å². The molecule has 0 spiro atoms. The predicted molar refractivity (Wildman–Crippen MR) is 71.2 cm³/mol. The van der Waals surface area contributed by atoms with E-state index in [1.807, 2.05) is 0 Å². The fraction of sp³-hybridized carbons (Fsp3) is 0.308. The molecule has 0 radical (unpaired) electrons. The molecule has 102 valence electrons. The second-order valence-electron chi connectivity index (χ2n) is 4.34. The number of sulfonamides is 1. The second kappa shape index (κ2) is 5.87. The van der Waals surface area contributed by atoms with Gasteiger partial charge in [0.1, 0.15) is 0 Å². The number of hydrogen-bond acceptors (Lipinski definition) is 3. The van der Waals surface area contributed by atoms with E-state index in [0.29, 0.717) is 0 Å². The summed E-state index contributed by atoms with van der Waals surface area (Å²) in [5, 5.41) is 8.84. The Bertz CT molecular complexity index is 614. The Morgan fingerprint density at radius 3 is 2.53 bits per heavy atom. The Hall–Kier alpha value is -1.84. The maximum absolute atomic E-state index is 12.1. The van der Waals surface area contributed by atoms with E-state index in [9.17, 15) is 13.2 Å². The largest absolute Gasteiger partial charge is 0.478 e. The van der Waals surface area contributed by atoms with E-state index in [1.165, 1.54) is 18.2 Å². The Balaban J connectivity index is 3.11. The zero-order chi connectivity index (χ0) is 14.6. The molecular formula is C13H15NO4S. The number of aromatic carboxylic acids is 1. The van der Waals surface area contributed by atoms with E-state index in [-0.39, 0.29) is 16.4 Å². The van der Waals surface area contributed by atoms with E-state index in [1.54, 1.807) is 13.8 Å². The summed E-state index contributed by atoms with van der Waals surface area (Å²) in [6, 6.07) is 4.47. The molecule has 6 heteroatoms. The summed E-state index contributed by atoms with van der Waals surface area (Å²) in [6.07, 6.45) is 5.27. The number of nitrogens with one attached hydrogen (secondary N) is 1. The molecule has 0 aliphatic heterocycles. The third kappa shape index (κ3) is 3.81. The van der Waals surface area contributed by atoms with Crippen LogP contribution in [0.15, 0.2) is 29.2 Å². The van der Waals surface area contributed by atoms with Gasteiger partial charge in [-0.15, -0.1) is 6.42 Å². The molecule has 0 amide bonds. The number of benzene rings is 1. The summed E-state index contributed by atoms with van der Waals surface area (Å²) in [6.45, 7) is 3.58. The molecule has 1 rings (SSSR count). The Morgan fingerprint density at radius 2 is 2.05 bits per heavy atom. The molecule has 1 aromatic carbocycles. The highest BCUT2D eigenvalue weighted by atomic mass is 32.2. The van der Waals surface area contributed by atoms with Gasteiger partial charge in [-0.2, -0.15) is 4.72 Å². The SMILES string of the molecule is C#CC(NS(=O)(=O)c1cccc(C(=O)O)c1)C(C)C. The minimum absolute atomic E-state index is 0.0672. The molecule has 1 unspecified atom stereocenters. The molecule has 0 saturated heterocycles. The van der Waals surface area contributed by atoms with Gasteiger partial charge in [0, 0.05) is 0 Å². The van der Waals surface area contributed by atoms with E-state index in [4.69, 9.17) is 11.5 Å². The lowest BCUT2D eigenvalue weighted by Crippen LogP contribution is -2.37. The summed E-state index contributed by atoms with van der Waals surface area (Å²) >= 11 is 0. The van der Waals surface area contributed by atoms with Gasteiger partial charge in [0.25, 0.3) is 0 Å². The molecule has 0 aromatic heterocycles. The zero-order valence-electron chi connectivity index (χ0n) is 10.6. The van der Waals surface area contributed by atoms with Gasteiger partial charge in [0.2, 0.25) is 10.0 Å². The van der Waals surface area contributed by atoms with Crippen LogP contribution in [0, 0.1) is 18.3 Å². The van der Waals surface area contributed by atoms with Crippen LogP contribution >= 0.6 is 0 Å². The van der Waals surface area contributed by atoms with Gasteiger partial charge in [-0.3, -0.25) is 0 Å². The molecule has 19 heavy (non-hydrogen) atoms. The molecule has 0 bridgehead atoms. The van der Waals surface area contributed by atoms with Crippen molar-refractivity contribution in [3.63, 3.8) is 0 Å². The lowest BCUT2D eigenvalue weighted by Gasteiger charge is -2.16. The summed E-state index contributed by atoms with van der Waals surface area (Å²) in [5.41, 5.74) is -0.0929. The first-order valence-electron chi connectivity index (χ1n) is 5.59. The molecule has 0 aliphatic carbocycles. The van der Waals surface area contributed by atoms with Crippen molar-refractivity contribution in [3.05, 3.63) is 29.8 Å². The van der Waals surface area contributed by atoms with E-state index in [0.717, 1.165) is 6.07 Å². The van der Waals surface area contributed by atoms with Crippen LogP contribution in [0.2, 0.25) is 0 Å². The van der Waals surface area contributed by atoms with Gasteiger partial charge in [0.15, 0.2) is 0 Å². The third-order valence-electron chi connectivity index (χ3n) is 2.52. The van der Waals surface area contributed by atoms with Crippen molar-refractivity contribution < 1.29 is 18.3 Å². The van der Waals surface area contributed by atoms with Crippen LogP contribution in [0.4, 0.5) is 0 Å². The molecule has 5 nitrogen and oxygen atoms in total. The zero-order valence-corrected chi connectivity index (χ0v) is 11.4. The highest BCUT2D eigenvalue weighted by Crippen LogP contribution is 2.13. The van der Waals surface area contributed by atoms with Gasteiger partial charge in [-0.05, 0) is 24.1 Å². The molecule has 0 aliphatic rings. The lowest BCUT2D eigenvalue weighted by atomic mass is 10.1. The third-order valence-corrected chi connectivity index (χ3v) is 3.96. The number of rotatable bonds is 5. The number of carboxylic acids is 1. The van der Waals surface area contributed by atoms with Crippen LogP contribution in [0.25, 0.3) is 0 Å². The molecule has 0 saturated carbocycles. The van der Waals surface area contributed by atoms with Crippen LogP contribution in [0.3, 0.4) is 0 Å². The van der Waals surface area contributed by atoms with Crippen molar-refractivity contribution in [2.24, 2.45) is 5.92 Å². The first-order chi connectivity index (χ1) is 8.77. The first kappa shape index (κ1) is 15.2. The molecule has 1 atom stereocenters. The minimum Gasteiger partial charge on any atom is -0.478 e. The highest BCUT2D eigenvalue weighted by Gasteiger charge is 2.21. The number of carboxylic acid groups (broad SMARTS) is 1. The maximum atomic E-state index is 12.1. The second-order valence-corrected chi connectivity index (χ2v) is 6.06. The monoisotopic (exact) mass is 281 g/mol. The fourth-order valence-corrected chi connectivity index (χ4v) is 2.74. The maximum Gasteiger partial charge on any atom is 0.335 e. The average molecular weight is 281 g/mol. The summed E-state index contributed by atoms with van der Waals surface area (Å²) < 4.78 is 26.5. The lowest BCUT2D eigenvalue weighted by molar-refractivity contribution is 0.0696. The summed E-state index contributed by atoms with van der Waals surface area (Å²) in [5.74, 6) is 1.11. The van der Waals surface area contributed by atoms with Crippen molar-refractivity contribution in [2.45, 2.75) is 24.8 Å². The Morgan fingerprint density at radius 1 is 1.42 bits per heavy atom. The average Bonchev–Trinajstić information content (AvgIpc) is 2.35. The minimum atomic E-state index is -3.83. The molecule has 1 aromatic rings. The number of terminal acetylenes is 1. The van der Waals surface area contributed by atoms with Crippen LogP contribution in [-0.4, -0.2) is 25.5 Å². The first-order valence-corrected chi connectivity index (χ1v) is 7.08. The molecule has 0 heterocycles. The number of carbonyl (C=O) groups is 1. The van der Waals surface area contributed by atoms with E-state index < -0.39 is 22.0 Å². The van der Waals surface area contributed by atoms with Crippen molar-refractivity contribution >= 4 is 16.0 Å².